The molecule has 3 aliphatic rings. The van der Waals surface area contributed by atoms with Crippen molar-refractivity contribution in [2.24, 2.45) is 11.3 Å². The van der Waals surface area contributed by atoms with Gasteiger partial charge >= 0.3 is 6.01 Å². The van der Waals surface area contributed by atoms with Crippen molar-refractivity contribution in [2.45, 2.75) is 32.5 Å². The van der Waals surface area contributed by atoms with Crippen molar-refractivity contribution in [3.05, 3.63) is 59.3 Å². The molecule has 1 aliphatic carbocycles. The first-order valence-corrected chi connectivity index (χ1v) is 15.0. The number of hydrogen-bond donors (Lipinski definition) is 1. The number of piperidine rings is 1. The number of rotatable bonds is 5. The summed E-state index contributed by atoms with van der Waals surface area (Å²) in [5.74, 6) is 1.65. The number of hydrogen-bond acceptors (Lipinski definition) is 8. The van der Waals surface area contributed by atoms with Gasteiger partial charge in [0.25, 0.3) is 0 Å². The number of likely N-dealkylation sites (tertiary alicyclic amines) is 1. The Morgan fingerprint density at radius 1 is 1.33 bits per heavy atom. The number of ether oxygens (including phenoxy) is 2. The number of fused-ring (bicyclic) bond motifs is 3. The summed E-state index contributed by atoms with van der Waals surface area (Å²) in [6, 6.07) is 5.11. The number of nitrogens with zero attached hydrogens (tertiary/aromatic N) is 5. The second-order valence-corrected chi connectivity index (χ2v) is 12.3. The second-order valence-electron chi connectivity index (χ2n) is 12.3. The largest absolute Gasteiger partial charge is 0.462 e. The molecule has 0 bridgehead atoms. The molecule has 2 aliphatic heterocycles. The van der Waals surface area contributed by atoms with Crippen LogP contribution in [0.4, 0.5) is 24.7 Å². The molecule has 4 atom stereocenters. The number of aryl methyl sites for hydroxylation is 1. The summed E-state index contributed by atoms with van der Waals surface area (Å²) < 4.78 is 98.0. The first kappa shape index (κ1) is 24.8. The van der Waals surface area contributed by atoms with Gasteiger partial charge in [0.05, 0.1) is 50.5 Å². The van der Waals surface area contributed by atoms with Gasteiger partial charge in [0.15, 0.2) is 0 Å². The van der Waals surface area contributed by atoms with Gasteiger partial charge in [0.1, 0.15) is 24.4 Å². The highest BCUT2D eigenvalue weighted by atomic mass is 19.1. The quantitative estimate of drug-likeness (QED) is 0.224. The first-order chi connectivity index (χ1) is 24.1. The summed E-state index contributed by atoms with van der Waals surface area (Å²) in [5.41, 5.74) is 6.43. The van der Waals surface area contributed by atoms with Crippen LogP contribution in [-0.2, 0) is 4.74 Å². The summed E-state index contributed by atoms with van der Waals surface area (Å²) in [6.07, 6.45) is 6.31. The SMILES string of the molecule is [2H]C([2H])([2H])N1CC/C(=C\F)[C@](C)(C([2H])([2H])Oc2nc(N3CCOC[C@H]4[C@H](F)[C@H]43)c3cnc(-c4cc(N)cc5ccc(F)c(C#C)c45)c(C)c3n2)C1. The van der Waals surface area contributed by atoms with E-state index in [1.54, 1.807) is 30.0 Å². The van der Waals surface area contributed by atoms with Gasteiger partial charge in [-0.3, -0.25) is 4.98 Å². The Balaban J connectivity index is 1.42. The van der Waals surface area contributed by atoms with E-state index in [1.807, 2.05) is 0 Å². The van der Waals surface area contributed by atoms with Crippen LogP contribution in [0.2, 0.25) is 0 Å². The van der Waals surface area contributed by atoms with E-state index in [9.17, 15) is 8.78 Å². The molecule has 2 saturated heterocycles. The van der Waals surface area contributed by atoms with Crippen LogP contribution in [0.25, 0.3) is 32.9 Å². The fraction of sp³-hybridized carbons (Fsp3) is 0.400. The van der Waals surface area contributed by atoms with Gasteiger partial charge in [-0.2, -0.15) is 9.97 Å². The molecule has 7 rings (SSSR count). The van der Waals surface area contributed by atoms with Crippen LogP contribution in [0.1, 0.15) is 31.3 Å². The number of alkyl halides is 1. The smallest absolute Gasteiger partial charge is 0.318 e. The van der Waals surface area contributed by atoms with Crippen LogP contribution < -0.4 is 15.4 Å². The molecule has 0 unspecified atom stereocenters. The van der Waals surface area contributed by atoms with E-state index in [0.29, 0.717) is 45.0 Å². The minimum Gasteiger partial charge on any atom is -0.462 e. The van der Waals surface area contributed by atoms with Crippen LogP contribution in [0.5, 0.6) is 6.01 Å². The minimum absolute atomic E-state index is 0.00251. The van der Waals surface area contributed by atoms with Crippen molar-refractivity contribution in [1.29, 1.82) is 0 Å². The van der Waals surface area contributed by atoms with E-state index in [4.69, 9.17) is 33.5 Å². The maximum atomic E-state index is 15.1. The van der Waals surface area contributed by atoms with E-state index in [1.165, 1.54) is 19.2 Å². The maximum Gasteiger partial charge on any atom is 0.318 e. The predicted molar refractivity (Wildman–Crippen MR) is 173 cm³/mol. The zero-order valence-electron chi connectivity index (χ0n) is 30.3. The van der Waals surface area contributed by atoms with E-state index < -0.39 is 48.9 Å². The van der Waals surface area contributed by atoms with Gasteiger partial charge in [-0.25, -0.2) is 13.2 Å². The fourth-order valence-corrected chi connectivity index (χ4v) is 6.72. The monoisotopic (exact) mass is 633 g/mol. The Morgan fingerprint density at radius 3 is 2.96 bits per heavy atom. The highest BCUT2D eigenvalue weighted by molar-refractivity contribution is 6.04. The summed E-state index contributed by atoms with van der Waals surface area (Å²) in [5, 5.41) is 1.40. The Bertz CT molecular complexity index is 2140. The second kappa shape index (κ2) is 11.4. The lowest BCUT2D eigenvalue weighted by Crippen LogP contribution is -2.44. The van der Waals surface area contributed by atoms with Crippen molar-refractivity contribution in [3.63, 3.8) is 0 Å². The molecule has 46 heavy (non-hydrogen) atoms. The molecular formula is C35H35F3N6O2. The maximum absolute atomic E-state index is 15.1. The Kier molecular flexibility index (Phi) is 6.16. The molecule has 4 aromatic rings. The van der Waals surface area contributed by atoms with Crippen LogP contribution in [-0.4, -0.2) is 78.4 Å². The third-order valence-electron chi connectivity index (χ3n) is 9.24. The van der Waals surface area contributed by atoms with E-state index in [-0.39, 0.29) is 61.7 Å². The highest BCUT2D eigenvalue weighted by Crippen LogP contribution is 2.45. The molecule has 8 nitrogen and oxygen atoms in total. The van der Waals surface area contributed by atoms with Gasteiger partial charge < -0.3 is 25.0 Å². The average molecular weight is 634 g/mol. The van der Waals surface area contributed by atoms with Gasteiger partial charge in [-0.15, -0.1) is 6.42 Å². The molecule has 11 heteroatoms. The number of terminal acetylenes is 1. The zero-order chi connectivity index (χ0) is 36.6. The van der Waals surface area contributed by atoms with Gasteiger partial charge in [0.2, 0.25) is 0 Å². The van der Waals surface area contributed by atoms with Crippen molar-refractivity contribution < 1.29 is 29.5 Å². The molecule has 4 heterocycles. The zero-order valence-corrected chi connectivity index (χ0v) is 25.3. The fourth-order valence-electron chi connectivity index (χ4n) is 6.72. The third-order valence-corrected chi connectivity index (χ3v) is 9.24. The summed E-state index contributed by atoms with van der Waals surface area (Å²) in [6.45, 7) is -1.81. The predicted octanol–water partition coefficient (Wildman–Crippen LogP) is 5.60. The number of anilines is 2. The average Bonchev–Trinajstić information content (AvgIpc) is 3.77. The molecule has 2 aromatic carbocycles. The third kappa shape index (κ3) is 5.00. The number of aromatic nitrogens is 3. The number of halogens is 3. The Labute approximate surface area is 272 Å². The molecule has 0 amide bonds. The highest BCUT2D eigenvalue weighted by Gasteiger charge is 2.56. The van der Waals surface area contributed by atoms with Gasteiger partial charge in [-0.05, 0) is 49.5 Å². The molecular weight excluding hydrogens is 593 g/mol. The number of nitrogen functional groups attached to an aromatic ring is 1. The standard InChI is InChI=1S/C35H35F3N6O2/c1-5-23-27(37)7-6-20-12-22(39)13-24(28(20)23)30-19(2)31-25(15-40-30)33(44-10-11-45-16-26-29(38)32(26)44)42-34(41-31)46-18-35(3)17-43(4)9-8-21(35)14-36/h1,6-7,12-15,26,29,32H,8-11,16-18,39H2,2-4H3/b21-14+/t26-,29-,32-,35-/m0/s1/i4D3,18D2. The van der Waals surface area contributed by atoms with E-state index in [2.05, 4.69) is 15.9 Å². The van der Waals surface area contributed by atoms with Crippen LogP contribution in [0, 0.1) is 36.4 Å². The van der Waals surface area contributed by atoms with Crippen molar-refractivity contribution >= 4 is 33.2 Å². The lowest BCUT2D eigenvalue weighted by Gasteiger charge is -2.40. The van der Waals surface area contributed by atoms with Crippen LogP contribution >= 0.6 is 0 Å². The van der Waals surface area contributed by atoms with Crippen molar-refractivity contribution in [1.82, 2.24) is 19.9 Å². The minimum atomic E-state index is -2.74. The lowest BCUT2D eigenvalue weighted by atomic mass is 9.78. The number of benzene rings is 2. The number of pyridine rings is 1. The Hall–Kier alpha value is -4.40. The Morgan fingerprint density at radius 2 is 2.17 bits per heavy atom. The molecule has 0 radical (unpaired) electrons. The van der Waals surface area contributed by atoms with Gasteiger partial charge in [-0.1, -0.05) is 18.9 Å². The van der Waals surface area contributed by atoms with Crippen molar-refractivity contribution in [3.8, 4) is 29.6 Å². The molecule has 238 valence electrons. The van der Waals surface area contributed by atoms with Crippen molar-refractivity contribution in [2.75, 3.05) is 57.0 Å². The molecule has 1 saturated carbocycles. The normalized spacial score (nSPS) is 28.0. The molecule has 0 spiro atoms. The van der Waals surface area contributed by atoms with Crippen LogP contribution in [0.3, 0.4) is 0 Å². The van der Waals surface area contributed by atoms with Crippen LogP contribution in [0.15, 0.2) is 42.4 Å². The summed E-state index contributed by atoms with van der Waals surface area (Å²) in [7, 11) is 0. The molecule has 2 aromatic heterocycles. The molecule has 2 N–H and O–H groups in total. The van der Waals surface area contributed by atoms with Gasteiger partial charge in [0, 0.05) is 63.5 Å². The number of nitrogens with two attached hydrogens (primary N) is 1. The molecule has 3 fully saturated rings. The summed E-state index contributed by atoms with van der Waals surface area (Å²) >= 11 is 0. The first-order valence-electron chi connectivity index (χ1n) is 17.5. The topological polar surface area (TPSA) is 89.6 Å². The summed E-state index contributed by atoms with van der Waals surface area (Å²) in [4.78, 5) is 16.8. The lowest BCUT2D eigenvalue weighted by molar-refractivity contribution is 0.109. The van der Waals surface area contributed by atoms with E-state index >= 15 is 4.39 Å². The van der Waals surface area contributed by atoms with E-state index in [0.717, 1.165) is 4.90 Å².